The maximum Gasteiger partial charge on any atom is -0.0533 e. The number of hydrogen-bond donors (Lipinski definition) is 0. The fourth-order valence-electron chi connectivity index (χ4n) is 1.000. The van der Waals surface area contributed by atoms with Crippen molar-refractivity contribution in [3.8, 4) is 0 Å². The first-order chi connectivity index (χ1) is 16.0. The summed E-state index contributed by atoms with van der Waals surface area (Å²) >= 11 is 0. The van der Waals surface area contributed by atoms with E-state index in [1.54, 1.807) is 0 Å². The van der Waals surface area contributed by atoms with E-state index in [4.69, 9.17) is 0 Å². The summed E-state index contributed by atoms with van der Waals surface area (Å²) in [5.74, 6) is 0. The van der Waals surface area contributed by atoms with Gasteiger partial charge in [-0.1, -0.05) is 214 Å². The van der Waals surface area contributed by atoms with Gasteiger partial charge in [0.1, 0.15) is 0 Å². The maximum absolute atomic E-state index is 2.00. The molecule has 0 bridgehead atoms. The monoisotopic (exact) mass is 465 g/mol. The Kier molecular flexibility index (Phi) is 182. The molecule has 0 aromatic rings. The second-order valence-corrected chi connectivity index (χ2v) is 5.66. The Balaban J connectivity index is -0.0000000335. The lowest BCUT2D eigenvalue weighted by molar-refractivity contribution is 0.504. The Morgan fingerprint density at radius 3 is 0.156 bits per heavy atom. The maximum atomic E-state index is 2.00. The third kappa shape index (κ3) is 98.6. The van der Waals surface area contributed by atoms with E-state index in [0.29, 0.717) is 0 Å². The minimum Gasteiger partial charge on any atom is -0.0683 e. The van der Waals surface area contributed by atoms with Crippen molar-refractivity contribution < 1.29 is 0 Å². The van der Waals surface area contributed by atoms with Crippen LogP contribution in [0.25, 0.3) is 0 Å². The summed E-state index contributed by atoms with van der Waals surface area (Å²) in [6, 6.07) is 0. The first-order valence-electron chi connectivity index (χ1n) is 16.0. The highest BCUT2D eigenvalue weighted by atomic mass is 14.0. The summed E-state index contributed by atoms with van der Waals surface area (Å²) in [5.41, 5.74) is 0. The highest BCUT2D eigenvalue weighted by Crippen LogP contribution is 2.16. The van der Waals surface area contributed by atoms with Crippen LogP contribution >= 0.6 is 0 Å². The molecule has 0 nitrogen and oxygen atoms in total. The molecule has 4 rings (SSSR count). The van der Waals surface area contributed by atoms with E-state index >= 15 is 0 Å². The Labute approximate surface area is 213 Å². The molecule has 208 valence electrons. The molecular weight excluding hydrogens is 384 g/mol. The molecular formula is C32H80. The van der Waals surface area contributed by atoms with Crippen LogP contribution in [0.4, 0.5) is 0 Å². The van der Waals surface area contributed by atoms with E-state index in [9.17, 15) is 0 Å². The lowest BCUT2D eigenvalue weighted by Gasteiger charge is -2.05. The first kappa shape index (κ1) is 53.4. The fraction of sp³-hybridized carbons (Fsp3) is 1.00. The van der Waals surface area contributed by atoms with Crippen molar-refractivity contribution in [3.63, 3.8) is 0 Å². The van der Waals surface area contributed by atoms with Gasteiger partial charge in [0.05, 0.1) is 0 Å². The Morgan fingerprint density at radius 2 is 0.156 bits per heavy atom. The van der Waals surface area contributed by atoms with Gasteiger partial charge < -0.3 is 0 Å². The van der Waals surface area contributed by atoms with Crippen LogP contribution in [0.15, 0.2) is 0 Å². The Bertz CT molecular complexity index is 64.0. The third-order valence-corrected chi connectivity index (χ3v) is 4.00. The molecule has 0 aromatic heterocycles. The zero-order valence-corrected chi connectivity index (χ0v) is 27.3. The Hall–Kier alpha value is 0. The summed E-state index contributed by atoms with van der Waals surface area (Å²) < 4.78 is 0. The van der Waals surface area contributed by atoms with Gasteiger partial charge in [-0.15, -0.1) is 0 Å². The molecule has 0 unspecified atom stereocenters. The molecule has 0 radical (unpaired) electrons. The van der Waals surface area contributed by atoms with Gasteiger partial charge in [0.25, 0.3) is 0 Å². The van der Waals surface area contributed by atoms with Gasteiger partial charge in [0.2, 0.25) is 0 Å². The normalized spacial score (nSPS) is 13.5. The summed E-state index contributed by atoms with van der Waals surface area (Å²) in [4.78, 5) is 0. The van der Waals surface area contributed by atoms with Gasteiger partial charge in [0.15, 0.2) is 0 Å². The van der Waals surface area contributed by atoms with Crippen molar-refractivity contribution in [3.05, 3.63) is 0 Å². The van der Waals surface area contributed by atoms with Gasteiger partial charge in [-0.2, -0.15) is 0 Å². The minimum absolute atomic E-state index is 1.50. The quantitative estimate of drug-likeness (QED) is 0.334. The van der Waals surface area contributed by atoms with Crippen LogP contribution in [0, 0.1) is 0 Å². The molecule has 0 N–H and O–H groups in total. The van der Waals surface area contributed by atoms with E-state index in [-0.39, 0.29) is 0 Å². The molecule has 0 amide bonds. The minimum atomic E-state index is 1.50. The second kappa shape index (κ2) is 109. The zero-order chi connectivity index (χ0) is 27.3. The highest BCUT2D eigenvalue weighted by Gasteiger charge is 1.96. The van der Waals surface area contributed by atoms with E-state index in [1.807, 2.05) is 111 Å². The van der Waals surface area contributed by atoms with Crippen LogP contribution in [-0.2, 0) is 0 Å². The average molecular weight is 465 g/mol. The van der Waals surface area contributed by atoms with Gasteiger partial charge >= 0.3 is 0 Å². The molecule has 0 heterocycles. The van der Waals surface area contributed by atoms with Crippen LogP contribution in [0.5, 0.6) is 0 Å². The van der Waals surface area contributed by atoms with Crippen LogP contribution in [0.1, 0.15) is 214 Å². The van der Waals surface area contributed by atoms with E-state index in [0.717, 1.165) is 0 Å². The number of rotatable bonds is 0. The van der Waals surface area contributed by atoms with Crippen molar-refractivity contribution in [2.24, 2.45) is 0 Å². The Morgan fingerprint density at radius 1 is 0.125 bits per heavy atom. The van der Waals surface area contributed by atoms with Gasteiger partial charge in [-0.3, -0.25) is 0 Å². The lowest BCUT2D eigenvalue weighted by Crippen LogP contribution is -1.85. The highest BCUT2D eigenvalue weighted by molar-refractivity contribution is 4.52. The molecule has 0 spiro atoms. The summed E-state index contributed by atoms with van der Waals surface area (Å²) in [6.07, 6.45) is 24.0. The molecule has 4 aliphatic rings. The predicted octanol–water partition coefficient (Wildman–Crippen LogP) is 14.5. The average Bonchev–Trinajstić information content (AvgIpc) is 2.75. The van der Waals surface area contributed by atoms with E-state index in [2.05, 4.69) is 0 Å². The fourth-order valence-corrected chi connectivity index (χ4v) is 1.000. The van der Waals surface area contributed by atoms with Crippen molar-refractivity contribution in [1.82, 2.24) is 0 Å². The SMILES string of the molecule is C1CCC1.C1CCC1.C1CCC1.C1CCC1.CC.CC.CC.CC.CC.CC.CC.CC. The van der Waals surface area contributed by atoms with Crippen molar-refractivity contribution in [2.45, 2.75) is 214 Å². The van der Waals surface area contributed by atoms with Crippen molar-refractivity contribution in [2.75, 3.05) is 0 Å². The molecule has 0 saturated heterocycles. The second-order valence-electron chi connectivity index (χ2n) is 5.66. The van der Waals surface area contributed by atoms with E-state index < -0.39 is 0 Å². The van der Waals surface area contributed by atoms with Crippen LogP contribution in [0.2, 0.25) is 0 Å². The smallest absolute Gasteiger partial charge is 0.0533 e. The van der Waals surface area contributed by atoms with Crippen molar-refractivity contribution in [1.29, 1.82) is 0 Å². The van der Waals surface area contributed by atoms with Gasteiger partial charge in [-0.05, 0) is 0 Å². The third-order valence-electron chi connectivity index (χ3n) is 4.00. The standard InChI is InChI=1S/4C4H8.8C2H6/c4*1-2-4-3-1;8*1-2/h4*1-4H2;8*1-2H3. The van der Waals surface area contributed by atoms with Crippen LogP contribution in [-0.4, -0.2) is 0 Å². The summed E-state index contributed by atoms with van der Waals surface area (Å²) in [7, 11) is 0. The summed E-state index contributed by atoms with van der Waals surface area (Å²) in [6.45, 7) is 32.0. The summed E-state index contributed by atoms with van der Waals surface area (Å²) in [5, 5.41) is 0. The number of hydrogen-bond acceptors (Lipinski definition) is 0. The molecule has 32 heavy (non-hydrogen) atoms. The molecule has 4 aliphatic carbocycles. The van der Waals surface area contributed by atoms with Crippen LogP contribution < -0.4 is 0 Å². The van der Waals surface area contributed by atoms with E-state index in [1.165, 1.54) is 103 Å². The lowest BCUT2D eigenvalue weighted by atomic mass is 10.0. The molecule has 0 atom stereocenters. The van der Waals surface area contributed by atoms with Crippen molar-refractivity contribution >= 4 is 0 Å². The predicted molar refractivity (Wildman–Crippen MR) is 165 cm³/mol. The largest absolute Gasteiger partial charge is 0.0683 e. The van der Waals surface area contributed by atoms with Gasteiger partial charge in [-0.25, -0.2) is 0 Å². The van der Waals surface area contributed by atoms with Gasteiger partial charge in [0, 0.05) is 0 Å². The topological polar surface area (TPSA) is 0 Å². The first-order valence-corrected chi connectivity index (χ1v) is 16.0. The zero-order valence-electron chi connectivity index (χ0n) is 27.3. The van der Waals surface area contributed by atoms with Crippen LogP contribution in [0.3, 0.4) is 0 Å². The molecule has 0 aliphatic heterocycles. The molecule has 4 fully saturated rings. The molecule has 0 heteroatoms. The molecule has 4 saturated carbocycles. The molecule has 0 aromatic carbocycles.